The van der Waals surface area contributed by atoms with E-state index in [9.17, 15) is 4.79 Å². The van der Waals surface area contributed by atoms with Crippen molar-refractivity contribution in [3.05, 3.63) is 33.8 Å². The van der Waals surface area contributed by atoms with Gasteiger partial charge in [-0.1, -0.05) is 36.9 Å². The summed E-state index contributed by atoms with van der Waals surface area (Å²) in [6.45, 7) is 0. The zero-order chi connectivity index (χ0) is 11.8. The van der Waals surface area contributed by atoms with Crippen LogP contribution in [0.25, 0.3) is 5.57 Å². The zero-order valence-corrected chi connectivity index (χ0v) is 10.3. The molecule has 0 bridgehead atoms. The van der Waals surface area contributed by atoms with Crippen molar-refractivity contribution in [3.63, 3.8) is 0 Å². The lowest BCUT2D eigenvalue weighted by Crippen LogP contribution is -2.26. The number of rotatable bonds is 1. The van der Waals surface area contributed by atoms with Gasteiger partial charge in [-0.05, 0) is 30.9 Å². The average molecular weight is 248 g/mol. The maximum Gasteiger partial charge on any atom is 0.274 e. The molecule has 3 heteroatoms. The fourth-order valence-corrected chi connectivity index (χ4v) is 3.06. The third-order valence-corrected chi connectivity index (χ3v) is 3.95. The molecule has 0 radical (unpaired) electrons. The first-order valence-electron chi connectivity index (χ1n) is 6.18. The highest BCUT2D eigenvalue weighted by atomic mass is 35.5. The number of nitrogens with zero attached hydrogens (tertiary/aromatic N) is 1. The van der Waals surface area contributed by atoms with E-state index in [4.69, 9.17) is 11.6 Å². The molecule has 3 rings (SSSR count). The van der Waals surface area contributed by atoms with Crippen LogP contribution in [0.1, 0.15) is 32.1 Å². The van der Waals surface area contributed by atoms with Crippen molar-refractivity contribution in [1.29, 1.82) is 0 Å². The predicted octanol–water partition coefficient (Wildman–Crippen LogP) is 2.23. The second-order valence-corrected chi connectivity index (χ2v) is 5.26. The first kappa shape index (κ1) is 11.0. The Labute approximate surface area is 105 Å². The van der Waals surface area contributed by atoms with Crippen LogP contribution in [0.2, 0.25) is 5.02 Å². The van der Waals surface area contributed by atoms with Crippen LogP contribution >= 0.6 is 11.6 Å². The van der Waals surface area contributed by atoms with Crippen LogP contribution in [-0.2, 0) is 4.79 Å². The normalized spacial score (nSPS) is 20.3. The van der Waals surface area contributed by atoms with E-state index in [-0.39, 0.29) is 5.91 Å². The van der Waals surface area contributed by atoms with Gasteiger partial charge in [-0.2, -0.15) is 0 Å². The van der Waals surface area contributed by atoms with Crippen molar-refractivity contribution in [3.8, 4) is 0 Å². The summed E-state index contributed by atoms with van der Waals surface area (Å²) < 4.78 is 0. The van der Waals surface area contributed by atoms with E-state index in [0.29, 0.717) is 10.9 Å². The van der Waals surface area contributed by atoms with Crippen LogP contribution < -0.4 is 10.6 Å². The van der Waals surface area contributed by atoms with Crippen molar-refractivity contribution in [2.45, 2.75) is 32.1 Å². The Morgan fingerprint density at radius 3 is 2.71 bits per heavy atom. The van der Waals surface area contributed by atoms with Gasteiger partial charge >= 0.3 is 0 Å². The predicted molar refractivity (Wildman–Crippen MR) is 67.2 cm³/mol. The summed E-state index contributed by atoms with van der Waals surface area (Å²) in [4.78, 5) is 16.1. The fraction of sp³-hybridized carbons (Fsp3) is 0.429. The Kier molecular flexibility index (Phi) is 2.75. The molecule has 0 saturated heterocycles. The van der Waals surface area contributed by atoms with Gasteiger partial charge in [-0.25, -0.2) is 4.99 Å². The first-order valence-corrected chi connectivity index (χ1v) is 6.56. The Morgan fingerprint density at radius 1 is 1.18 bits per heavy atom. The molecule has 1 aromatic rings. The summed E-state index contributed by atoms with van der Waals surface area (Å²) in [5, 5.41) is 2.40. The Morgan fingerprint density at radius 2 is 1.94 bits per heavy atom. The lowest BCUT2D eigenvalue weighted by atomic mass is 9.83. The van der Waals surface area contributed by atoms with E-state index < -0.39 is 0 Å². The third kappa shape index (κ3) is 1.91. The number of carbonyl (C=O) groups is 1. The van der Waals surface area contributed by atoms with Gasteiger partial charge in [0.1, 0.15) is 0 Å². The number of carbonyl (C=O) groups excluding carboxylic acids is 1. The molecule has 1 aliphatic heterocycles. The van der Waals surface area contributed by atoms with Crippen molar-refractivity contribution >= 4 is 23.1 Å². The van der Waals surface area contributed by atoms with Gasteiger partial charge < -0.3 is 0 Å². The van der Waals surface area contributed by atoms with Crippen molar-refractivity contribution in [2.24, 2.45) is 10.9 Å². The van der Waals surface area contributed by atoms with Gasteiger partial charge in [-0.3, -0.25) is 4.79 Å². The molecule has 0 N–H and O–H groups in total. The first-order chi connectivity index (χ1) is 8.25. The second-order valence-electron chi connectivity index (χ2n) is 4.83. The van der Waals surface area contributed by atoms with E-state index in [1.54, 1.807) is 6.07 Å². The Bertz CT molecular complexity index is 585. The SMILES string of the molecule is O=C1N=c2cc(Cl)ccc2=C1C1CCCCC1. The van der Waals surface area contributed by atoms with Crippen LogP contribution in [-0.4, -0.2) is 5.91 Å². The van der Waals surface area contributed by atoms with E-state index >= 15 is 0 Å². The molecule has 1 saturated carbocycles. The standard InChI is InChI=1S/C14H14ClNO/c15-10-6-7-11-12(8-10)16-14(17)13(11)9-4-2-1-3-5-9/h6-9H,1-5H2. The fourth-order valence-electron chi connectivity index (χ4n) is 2.90. The highest BCUT2D eigenvalue weighted by Crippen LogP contribution is 2.31. The molecule has 1 amide bonds. The summed E-state index contributed by atoms with van der Waals surface area (Å²) in [6.07, 6.45) is 5.99. The van der Waals surface area contributed by atoms with Gasteiger partial charge in [0.2, 0.25) is 0 Å². The van der Waals surface area contributed by atoms with E-state index in [2.05, 4.69) is 4.99 Å². The summed E-state index contributed by atoms with van der Waals surface area (Å²) in [5.74, 6) is 0.358. The number of benzene rings is 1. The number of fused-ring (bicyclic) bond motifs is 1. The lowest BCUT2D eigenvalue weighted by Gasteiger charge is -2.21. The molecule has 88 valence electrons. The van der Waals surface area contributed by atoms with Gasteiger partial charge in [0.25, 0.3) is 5.91 Å². The van der Waals surface area contributed by atoms with E-state index in [1.807, 2.05) is 12.1 Å². The Balaban J connectivity index is 2.14. The second kappa shape index (κ2) is 4.26. The van der Waals surface area contributed by atoms with Crippen LogP contribution in [0, 0.1) is 5.92 Å². The van der Waals surface area contributed by atoms with Crippen LogP contribution in [0.4, 0.5) is 0 Å². The lowest BCUT2D eigenvalue weighted by molar-refractivity contribution is -0.113. The van der Waals surface area contributed by atoms with E-state index in [1.165, 1.54) is 19.3 Å². The van der Waals surface area contributed by atoms with Gasteiger partial charge in [0.15, 0.2) is 0 Å². The molecule has 1 aliphatic carbocycles. The maximum absolute atomic E-state index is 12.0. The maximum atomic E-state index is 12.0. The minimum Gasteiger partial charge on any atom is -0.267 e. The number of hydrogen-bond acceptors (Lipinski definition) is 1. The average Bonchev–Trinajstić information content (AvgIpc) is 2.65. The molecule has 0 aromatic heterocycles. The molecule has 0 atom stereocenters. The minimum absolute atomic E-state index is 0.0471. The minimum atomic E-state index is -0.0471. The van der Waals surface area contributed by atoms with Gasteiger partial charge in [0, 0.05) is 15.8 Å². The molecule has 2 aliphatic rings. The van der Waals surface area contributed by atoms with Gasteiger partial charge in [-0.15, -0.1) is 0 Å². The molecule has 17 heavy (non-hydrogen) atoms. The summed E-state index contributed by atoms with van der Waals surface area (Å²) >= 11 is 5.92. The largest absolute Gasteiger partial charge is 0.274 e. The monoisotopic (exact) mass is 247 g/mol. The molecular weight excluding hydrogens is 234 g/mol. The van der Waals surface area contributed by atoms with Crippen molar-refractivity contribution in [1.82, 2.24) is 0 Å². The van der Waals surface area contributed by atoms with Crippen LogP contribution in [0.3, 0.4) is 0 Å². The number of amides is 1. The van der Waals surface area contributed by atoms with E-state index in [0.717, 1.165) is 29.0 Å². The van der Waals surface area contributed by atoms with Crippen molar-refractivity contribution in [2.75, 3.05) is 0 Å². The van der Waals surface area contributed by atoms with Crippen LogP contribution in [0.15, 0.2) is 23.2 Å². The topological polar surface area (TPSA) is 29.4 Å². The number of hydrogen-bond donors (Lipinski definition) is 0. The highest BCUT2D eigenvalue weighted by Gasteiger charge is 2.26. The smallest absolute Gasteiger partial charge is 0.267 e. The molecule has 1 fully saturated rings. The van der Waals surface area contributed by atoms with Gasteiger partial charge in [0.05, 0.1) is 5.36 Å². The quantitative estimate of drug-likeness (QED) is 0.748. The summed E-state index contributed by atoms with van der Waals surface area (Å²) in [5.41, 5.74) is 0.927. The van der Waals surface area contributed by atoms with Crippen molar-refractivity contribution < 1.29 is 4.79 Å². The molecule has 1 heterocycles. The highest BCUT2D eigenvalue weighted by molar-refractivity contribution is 6.30. The summed E-state index contributed by atoms with van der Waals surface area (Å²) in [6, 6.07) is 5.57. The molecule has 0 unspecified atom stereocenters. The third-order valence-electron chi connectivity index (χ3n) is 3.72. The zero-order valence-electron chi connectivity index (χ0n) is 9.58. The van der Waals surface area contributed by atoms with Crippen LogP contribution in [0.5, 0.6) is 0 Å². The summed E-state index contributed by atoms with van der Waals surface area (Å²) in [7, 11) is 0. The molecular formula is C14H14ClNO. The molecule has 1 aromatic carbocycles. The Hall–Kier alpha value is -1.15. The number of halogens is 1. The molecule has 2 nitrogen and oxygen atoms in total. The molecule has 0 spiro atoms.